The van der Waals surface area contributed by atoms with Crippen LogP contribution in [-0.2, 0) is 13.1 Å². The highest BCUT2D eigenvalue weighted by Gasteiger charge is 2.04. The van der Waals surface area contributed by atoms with Crippen molar-refractivity contribution in [2.24, 2.45) is 0 Å². The fourth-order valence-electron chi connectivity index (χ4n) is 1.72. The van der Waals surface area contributed by atoms with E-state index in [1.165, 1.54) is 9.35 Å². The van der Waals surface area contributed by atoms with Crippen LogP contribution in [0.2, 0.25) is 0 Å². The molecule has 90 valence electrons. The summed E-state index contributed by atoms with van der Waals surface area (Å²) < 4.78 is 1.17. The van der Waals surface area contributed by atoms with Crippen molar-refractivity contribution in [3.05, 3.63) is 50.4 Å². The largest absolute Gasteiger partial charge is 0.295 e. The lowest BCUT2D eigenvalue weighted by molar-refractivity contribution is 0.317. The highest BCUT2D eigenvalue weighted by atomic mass is 79.9. The van der Waals surface area contributed by atoms with Gasteiger partial charge in [-0.1, -0.05) is 6.07 Å². The Morgan fingerprint density at radius 3 is 2.82 bits per heavy atom. The molecule has 0 amide bonds. The van der Waals surface area contributed by atoms with E-state index in [2.05, 4.69) is 56.4 Å². The third-order valence-electron chi connectivity index (χ3n) is 2.43. The first-order valence-corrected chi connectivity index (χ1v) is 7.15. The van der Waals surface area contributed by atoms with Crippen molar-refractivity contribution in [2.45, 2.75) is 20.0 Å². The zero-order valence-electron chi connectivity index (χ0n) is 9.98. The molecule has 0 fully saturated rings. The molecule has 0 aromatic carbocycles. The van der Waals surface area contributed by atoms with Gasteiger partial charge in [-0.2, -0.15) is 0 Å². The molecular formula is C13H15BrN2S. The summed E-state index contributed by atoms with van der Waals surface area (Å²) in [6.45, 7) is 3.88. The number of hydrogen-bond acceptors (Lipinski definition) is 3. The molecule has 0 atom stereocenters. The molecule has 0 saturated carbocycles. The van der Waals surface area contributed by atoms with E-state index in [0.29, 0.717) is 0 Å². The quantitative estimate of drug-likeness (QED) is 0.853. The maximum absolute atomic E-state index is 4.51. The molecular weight excluding hydrogens is 296 g/mol. The molecule has 0 aliphatic carbocycles. The summed E-state index contributed by atoms with van der Waals surface area (Å²) in [5.41, 5.74) is 2.21. The van der Waals surface area contributed by atoms with Crippen LogP contribution >= 0.6 is 27.3 Å². The van der Waals surface area contributed by atoms with E-state index >= 15 is 0 Å². The molecule has 0 radical (unpaired) electrons. The van der Waals surface area contributed by atoms with E-state index in [4.69, 9.17) is 0 Å². The highest BCUT2D eigenvalue weighted by molar-refractivity contribution is 9.10. The first kappa shape index (κ1) is 12.7. The van der Waals surface area contributed by atoms with E-state index in [1.54, 1.807) is 11.3 Å². The van der Waals surface area contributed by atoms with Crippen LogP contribution in [0.3, 0.4) is 0 Å². The molecule has 2 aromatic rings. The Balaban J connectivity index is 1.95. The van der Waals surface area contributed by atoms with Crippen LogP contribution in [0, 0.1) is 6.92 Å². The third-order valence-corrected chi connectivity index (χ3v) is 4.11. The number of halogens is 1. The van der Waals surface area contributed by atoms with E-state index in [-0.39, 0.29) is 0 Å². The second-order valence-corrected chi connectivity index (χ2v) is 6.09. The first-order chi connectivity index (χ1) is 8.13. The van der Waals surface area contributed by atoms with Crippen LogP contribution in [0.25, 0.3) is 0 Å². The van der Waals surface area contributed by atoms with Gasteiger partial charge in [0, 0.05) is 33.5 Å². The number of nitrogens with zero attached hydrogens (tertiary/aromatic N) is 2. The number of thiophene rings is 1. The Labute approximate surface area is 114 Å². The van der Waals surface area contributed by atoms with Crippen LogP contribution < -0.4 is 0 Å². The van der Waals surface area contributed by atoms with Crippen molar-refractivity contribution in [3.8, 4) is 0 Å². The van der Waals surface area contributed by atoms with Crippen molar-refractivity contribution in [1.29, 1.82) is 0 Å². The Bertz CT molecular complexity index is 496. The molecule has 2 heterocycles. The van der Waals surface area contributed by atoms with E-state index in [9.17, 15) is 0 Å². The number of aromatic nitrogens is 1. The topological polar surface area (TPSA) is 16.1 Å². The zero-order chi connectivity index (χ0) is 12.3. The van der Waals surface area contributed by atoms with Crippen molar-refractivity contribution in [2.75, 3.05) is 7.05 Å². The summed E-state index contributed by atoms with van der Waals surface area (Å²) in [5, 5.41) is 2.12. The van der Waals surface area contributed by atoms with Crippen LogP contribution in [0.15, 0.2) is 34.1 Å². The van der Waals surface area contributed by atoms with Gasteiger partial charge in [0.1, 0.15) is 0 Å². The molecule has 2 rings (SSSR count). The van der Waals surface area contributed by atoms with Crippen LogP contribution in [-0.4, -0.2) is 16.9 Å². The SMILES string of the molecule is Cc1cccc(CN(C)Cc2cc(Br)cs2)n1. The fraction of sp³-hybridized carbons (Fsp3) is 0.308. The molecule has 0 saturated heterocycles. The van der Waals surface area contributed by atoms with Gasteiger partial charge in [0.15, 0.2) is 0 Å². The van der Waals surface area contributed by atoms with Gasteiger partial charge in [-0.3, -0.25) is 9.88 Å². The summed E-state index contributed by atoms with van der Waals surface area (Å²) in [6, 6.07) is 8.34. The lowest BCUT2D eigenvalue weighted by Gasteiger charge is -2.15. The normalized spacial score (nSPS) is 11.1. The van der Waals surface area contributed by atoms with Gasteiger partial charge >= 0.3 is 0 Å². The number of rotatable bonds is 4. The van der Waals surface area contributed by atoms with E-state index in [0.717, 1.165) is 24.5 Å². The van der Waals surface area contributed by atoms with Crippen molar-refractivity contribution in [3.63, 3.8) is 0 Å². The number of aryl methyl sites for hydroxylation is 1. The van der Waals surface area contributed by atoms with Gasteiger partial charge in [-0.05, 0) is 48.1 Å². The molecule has 0 unspecified atom stereocenters. The summed E-state index contributed by atoms with van der Waals surface area (Å²) in [6.07, 6.45) is 0. The molecule has 2 nitrogen and oxygen atoms in total. The minimum atomic E-state index is 0.886. The minimum Gasteiger partial charge on any atom is -0.295 e. The van der Waals surface area contributed by atoms with Crippen LogP contribution in [0.5, 0.6) is 0 Å². The Hall–Kier alpha value is -0.710. The van der Waals surface area contributed by atoms with Gasteiger partial charge < -0.3 is 0 Å². The smallest absolute Gasteiger partial charge is 0.0547 e. The molecule has 17 heavy (non-hydrogen) atoms. The van der Waals surface area contributed by atoms with Crippen molar-refractivity contribution < 1.29 is 0 Å². The number of hydrogen-bond donors (Lipinski definition) is 0. The van der Waals surface area contributed by atoms with Gasteiger partial charge in [-0.15, -0.1) is 11.3 Å². The molecule has 0 N–H and O–H groups in total. The van der Waals surface area contributed by atoms with Gasteiger partial charge in [0.2, 0.25) is 0 Å². The summed E-state index contributed by atoms with van der Waals surface area (Å²) in [5.74, 6) is 0. The third kappa shape index (κ3) is 3.91. The summed E-state index contributed by atoms with van der Waals surface area (Å²) in [4.78, 5) is 8.16. The maximum atomic E-state index is 4.51. The highest BCUT2D eigenvalue weighted by Crippen LogP contribution is 2.21. The van der Waals surface area contributed by atoms with E-state index in [1.807, 2.05) is 13.0 Å². The van der Waals surface area contributed by atoms with Crippen LogP contribution in [0.4, 0.5) is 0 Å². The summed E-state index contributed by atoms with van der Waals surface area (Å²) >= 11 is 5.26. The first-order valence-electron chi connectivity index (χ1n) is 5.47. The Morgan fingerprint density at radius 1 is 1.35 bits per heavy atom. The number of pyridine rings is 1. The van der Waals surface area contributed by atoms with Crippen LogP contribution in [0.1, 0.15) is 16.3 Å². The molecule has 0 aliphatic heterocycles. The van der Waals surface area contributed by atoms with Crippen molar-refractivity contribution >= 4 is 27.3 Å². The second-order valence-electron chi connectivity index (χ2n) is 4.17. The Morgan fingerprint density at radius 2 is 2.18 bits per heavy atom. The molecule has 0 aliphatic rings. The predicted molar refractivity (Wildman–Crippen MR) is 76.2 cm³/mol. The molecule has 0 spiro atoms. The predicted octanol–water partition coefficient (Wildman–Crippen LogP) is 3.85. The Kier molecular flexibility index (Phi) is 4.31. The lowest BCUT2D eigenvalue weighted by Crippen LogP contribution is -2.17. The van der Waals surface area contributed by atoms with Gasteiger partial charge in [0.25, 0.3) is 0 Å². The average molecular weight is 311 g/mol. The molecule has 2 aromatic heterocycles. The average Bonchev–Trinajstić information content (AvgIpc) is 2.63. The lowest BCUT2D eigenvalue weighted by atomic mass is 10.3. The monoisotopic (exact) mass is 310 g/mol. The van der Waals surface area contributed by atoms with Crippen molar-refractivity contribution in [1.82, 2.24) is 9.88 Å². The zero-order valence-corrected chi connectivity index (χ0v) is 12.4. The fourth-order valence-corrected chi connectivity index (χ4v) is 3.25. The van der Waals surface area contributed by atoms with Gasteiger partial charge in [-0.25, -0.2) is 0 Å². The second kappa shape index (κ2) is 5.76. The molecule has 4 heteroatoms. The minimum absolute atomic E-state index is 0.886. The van der Waals surface area contributed by atoms with E-state index < -0.39 is 0 Å². The van der Waals surface area contributed by atoms with Gasteiger partial charge in [0.05, 0.1) is 5.69 Å². The summed E-state index contributed by atoms with van der Waals surface area (Å²) in [7, 11) is 2.12. The standard InChI is InChI=1S/C13H15BrN2S/c1-10-4-3-5-12(15-10)7-16(2)8-13-6-11(14)9-17-13/h3-6,9H,7-8H2,1-2H3. The molecule has 0 bridgehead atoms. The maximum Gasteiger partial charge on any atom is 0.0547 e.